The molecule has 4 heteroatoms. The van der Waals surface area contributed by atoms with Crippen molar-refractivity contribution in [3.05, 3.63) is 24.3 Å². The van der Waals surface area contributed by atoms with Crippen LogP contribution in [0.1, 0.15) is 19.3 Å². The molecule has 2 aliphatic heterocycles. The van der Waals surface area contributed by atoms with Crippen LogP contribution < -0.4 is 9.64 Å². The predicted molar refractivity (Wildman–Crippen MR) is 77.0 cm³/mol. The van der Waals surface area contributed by atoms with Crippen molar-refractivity contribution in [1.82, 2.24) is 4.90 Å². The molecule has 1 aromatic carbocycles. The van der Waals surface area contributed by atoms with Crippen LogP contribution in [0.4, 0.5) is 5.69 Å². The van der Waals surface area contributed by atoms with E-state index in [1.54, 1.807) is 0 Å². The Morgan fingerprint density at radius 1 is 1.30 bits per heavy atom. The van der Waals surface area contributed by atoms with E-state index in [2.05, 4.69) is 4.90 Å². The number of benzene rings is 1. The number of ether oxygens (including phenoxy) is 1. The lowest BCUT2D eigenvalue weighted by Crippen LogP contribution is -2.45. The minimum absolute atomic E-state index is 0.0212. The summed E-state index contributed by atoms with van der Waals surface area (Å²) in [5, 5.41) is 0. The number of fused-ring (bicyclic) bond motifs is 3. The number of carbonyl (C=O) groups is 1. The Labute approximate surface area is 119 Å². The normalized spacial score (nSPS) is 29.6. The molecule has 4 rings (SSSR count). The van der Waals surface area contributed by atoms with Crippen LogP contribution >= 0.6 is 0 Å². The van der Waals surface area contributed by atoms with E-state index >= 15 is 0 Å². The van der Waals surface area contributed by atoms with Crippen LogP contribution in [-0.4, -0.2) is 43.1 Å². The second-order valence-corrected chi connectivity index (χ2v) is 6.29. The van der Waals surface area contributed by atoms with Crippen LogP contribution in [0.15, 0.2) is 24.3 Å². The average molecular weight is 272 g/mol. The van der Waals surface area contributed by atoms with Crippen molar-refractivity contribution in [2.75, 3.05) is 25.0 Å². The highest BCUT2D eigenvalue weighted by atomic mass is 16.5. The van der Waals surface area contributed by atoms with Crippen molar-refractivity contribution in [1.29, 1.82) is 0 Å². The molecule has 4 nitrogen and oxygen atoms in total. The number of nitrogens with zero attached hydrogens (tertiary/aromatic N) is 2. The van der Waals surface area contributed by atoms with Gasteiger partial charge in [0.15, 0.2) is 0 Å². The molecule has 1 amide bonds. The summed E-state index contributed by atoms with van der Waals surface area (Å²) in [6.07, 6.45) is 3.44. The van der Waals surface area contributed by atoms with E-state index in [4.69, 9.17) is 4.74 Å². The molecule has 1 aliphatic carbocycles. The number of anilines is 1. The van der Waals surface area contributed by atoms with Crippen molar-refractivity contribution in [2.45, 2.75) is 31.4 Å². The van der Waals surface area contributed by atoms with Crippen LogP contribution in [0.5, 0.6) is 5.75 Å². The summed E-state index contributed by atoms with van der Waals surface area (Å²) in [7, 11) is 2.03. The molecule has 106 valence electrons. The number of likely N-dealkylation sites (N-methyl/N-ethyl adjacent to an activating group) is 1. The Balaban J connectivity index is 1.76. The number of likely N-dealkylation sites (tertiary alicyclic amines) is 1. The monoisotopic (exact) mass is 272 g/mol. The maximum Gasteiger partial charge on any atom is 0.244 e. The van der Waals surface area contributed by atoms with Gasteiger partial charge in [0, 0.05) is 19.5 Å². The Morgan fingerprint density at radius 3 is 2.90 bits per heavy atom. The number of hydrogen-bond donors (Lipinski definition) is 0. The van der Waals surface area contributed by atoms with Crippen LogP contribution in [0.3, 0.4) is 0 Å². The number of rotatable bonds is 2. The van der Waals surface area contributed by atoms with E-state index in [9.17, 15) is 4.79 Å². The van der Waals surface area contributed by atoms with Gasteiger partial charge in [0.2, 0.25) is 5.91 Å². The second-order valence-electron chi connectivity index (χ2n) is 6.29. The van der Waals surface area contributed by atoms with Gasteiger partial charge in [0.05, 0.1) is 11.7 Å². The van der Waals surface area contributed by atoms with Gasteiger partial charge in [-0.1, -0.05) is 12.1 Å². The van der Waals surface area contributed by atoms with E-state index in [0.717, 1.165) is 30.9 Å². The summed E-state index contributed by atoms with van der Waals surface area (Å²) in [6.45, 7) is 1.68. The number of para-hydroxylation sites is 2. The Hall–Kier alpha value is -1.55. The van der Waals surface area contributed by atoms with Gasteiger partial charge in [-0.15, -0.1) is 0 Å². The van der Waals surface area contributed by atoms with Crippen molar-refractivity contribution in [2.24, 2.45) is 5.92 Å². The summed E-state index contributed by atoms with van der Waals surface area (Å²) in [4.78, 5) is 17.0. The third-order valence-electron chi connectivity index (χ3n) is 4.65. The number of amides is 1. The van der Waals surface area contributed by atoms with E-state index in [-0.39, 0.29) is 18.1 Å². The lowest BCUT2D eigenvalue weighted by Gasteiger charge is -2.31. The Bertz CT molecular complexity index is 541. The molecule has 0 N–H and O–H groups in total. The smallest absolute Gasteiger partial charge is 0.244 e. The van der Waals surface area contributed by atoms with Gasteiger partial charge in [-0.25, -0.2) is 0 Å². The summed E-state index contributed by atoms with van der Waals surface area (Å²) < 4.78 is 6.14. The zero-order valence-corrected chi connectivity index (χ0v) is 11.8. The van der Waals surface area contributed by atoms with Gasteiger partial charge in [-0.05, 0) is 37.9 Å². The van der Waals surface area contributed by atoms with Gasteiger partial charge in [0.25, 0.3) is 0 Å². The van der Waals surface area contributed by atoms with Gasteiger partial charge < -0.3 is 9.64 Å². The minimum Gasteiger partial charge on any atom is -0.487 e. The molecule has 2 heterocycles. The van der Waals surface area contributed by atoms with Crippen molar-refractivity contribution in [3.63, 3.8) is 0 Å². The van der Waals surface area contributed by atoms with Crippen LogP contribution in [-0.2, 0) is 4.79 Å². The summed E-state index contributed by atoms with van der Waals surface area (Å²) in [5.41, 5.74) is 0.953. The summed E-state index contributed by atoms with van der Waals surface area (Å²) in [5.74, 6) is 1.78. The number of hydrogen-bond acceptors (Lipinski definition) is 3. The standard InChI is InChI=1S/C16H20N2O2/c1-17-10-12-8-14(17)16(19)18(9-11-6-7-11)13-4-2-3-5-15(13)20-12/h2-5,11-12,14H,6-10H2,1H3. The van der Waals surface area contributed by atoms with E-state index < -0.39 is 0 Å². The summed E-state index contributed by atoms with van der Waals surface area (Å²) >= 11 is 0. The quantitative estimate of drug-likeness (QED) is 0.824. The zero-order valence-electron chi connectivity index (χ0n) is 11.8. The third-order valence-corrected chi connectivity index (χ3v) is 4.65. The molecule has 0 aromatic heterocycles. The van der Waals surface area contributed by atoms with Gasteiger partial charge in [-0.3, -0.25) is 9.69 Å². The van der Waals surface area contributed by atoms with Crippen molar-refractivity contribution < 1.29 is 9.53 Å². The van der Waals surface area contributed by atoms with Crippen molar-refractivity contribution in [3.8, 4) is 5.75 Å². The zero-order chi connectivity index (χ0) is 13.7. The molecule has 20 heavy (non-hydrogen) atoms. The molecule has 1 saturated heterocycles. The molecule has 2 atom stereocenters. The molecule has 0 spiro atoms. The fourth-order valence-corrected chi connectivity index (χ4v) is 3.33. The molecular formula is C16H20N2O2. The van der Waals surface area contributed by atoms with Gasteiger partial charge in [-0.2, -0.15) is 0 Å². The first kappa shape index (κ1) is 12.2. The molecule has 1 aromatic rings. The first-order chi connectivity index (χ1) is 9.72. The van der Waals surface area contributed by atoms with Crippen LogP contribution in [0, 0.1) is 5.92 Å². The van der Waals surface area contributed by atoms with Crippen LogP contribution in [0.2, 0.25) is 0 Å². The largest absolute Gasteiger partial charge is 0.487 e. The predicted octanol–water partition coefficient (Wildman–Crippen LogP) is 1.89. The maximum atomic E-state index is 12.9. The molecule has 2 bridgehead atoms. The highest BCUT2D eigenvalue weighted by molar-refractivity contribution is 5.99. The van der Waals surface area contributed by atoms with E-state index in [1.807, 2.05) is 36.2 Å². The first-order valence-corrected chi connectivity index (χ1v) is 7.49. The average Bonchev–Trinajstić information content (AvgIpc) is 3.18. The molecule has 2 unspecified atom stereocenters. The lowest BCUT2D eigenvalue weighted by molar-refractivity contribution is -0.122. The molecule has 0 radical (unpaired) electrons. The fourth-order valence-electron chi connectivity index (χ4n) is 3.33. The highest BCUT2D eigenvalue weighted by Gasteiger charge is 2.42. The molecular weight excluding hydrogens is 252 g/mol. The Kier molecular flexibility index (Phi) is 2.74. The third kappa shape index (κ3) is 1.99. The van der Waals surface area contributed by atoms with E-state index in [1.165, 1.54) is 12.8 Å². The summed E-state index contributed by atoms with van der Waals surface area (Å²) in [6, 6.07) is 7.95. The topological polar surface area (TPSA) is 32.8 Å². The fraction of sp³-hybridized carbons (Fsp3) is 0.562. The van der Waals surface area contributed by atoms with Gasteiger partial charge >= 0.3 is 0 Å². The van der Waals surface area contributed by atoms with E-state index in [0.29, 0.717) is 5.92 Å². The van der Waals surface area contributed by atoms with Crippen molar-refractivity contribution >= 4 is 11.6 Å². The van der Waals surface area contributed by atoms with Crippen LogP contribution in [0.25, 0.3) is 0 Å². The SMILES string of the molecule is CN1CC2CC1C(=O)N(CC1CC1)c1ccccc1O2. The molecule has 2 fully saturated rings. The first-order valence-electron chi connectivity index (χ1n) is 7.49. The number of carbonyl (C=O) groups excluding carboxylic acids is 1. The second kappa shape index (κ2) is 4.48. The minimum atomic E-state index is -0.0212. The Morgan fingerprint density at radius 2 is 2.10 bits per heavy atom. The molecule has 3 aliphatic rings. The van der Waals surface area contributed by atoms with Gasteiger partial charge in [0.1, 0.15) is 11.9 Å². The highest BCUT2D eigenvalue weighted by Crippen LogP contribution is 2.38. The lowest BCUT2D eigenvalue weighted by atomic mass is 10.1. The maximum absolute atomic E-state index is 12.9. The molecule has 1 saturated carbocycles.